The van der Waals surface area contributed by atoms with E-state index in [-0.39, 0.29) is 0 Å². The van der Waals surface area contributed by atoms with Crippen molar-refractivity contribution in [2.75, 3.05) is 0 Å². The monoisotopic (exact) mass is 239 g/mol. The second-order valence-corrected chi connectivity index (χ2v) is 4.65. The lowest BCUT2D eigenvalue weighted by molar-refractivity contribution is 0.567. The molecule has 0 aliphatic heterocycles. The van der Waals surface area contributed by atoms with Gasteiger partial charge in [0.15, 0.2) is 0 Å². The van der Waals surface area contributed by atoms with Crippen molar-refractivity contribution in [1.29, 1.82) is 0 Å². The van der Waals surface area contributed by atoms with Crippen LogP contribution in [0.4, 0.5) is 0 Å². The van der Waals surface area contributed by atoms with E-state index in [2.05, 4.69) is 51.4 Å². The van der Waals surface area contributed by atoms with Gasteiger partial charge < -0.3 is 9.13 Å². The van der Waals surface area contributed by atoms with Crippen LogP contribution in [0.2, 0.25) is 0 Å². The zero-order valence-electron chi connectivity index (χ0n) is 10.6. The van der Waals surface area contributed by atoms with E-state index in [1.54, 1.807) is 0 Å². The number of fused-ring (bicyclic) bond motifs is 1. The number of benzene rings is 1. The molecule has 0 saturated heterocycles. The average molecular weight is 239 g/mol. The first-order valence-electron chi connectivity index (χ1n) is 6.35. The molecule has 3 heteroatoms. The summed E-state index contributed by atoms with van der Waals surface area (Å²) in [6, 6.07) is 10.8. The minimum absolute atomic E-state index is 1.02. The Morgan fingerprint density at radius 2 is 2.06 bits per heavy atom. The van der Waals surface area contributed by atoms with Crippen molar-refractivity contribution >= 4 is 10.9 Å². The van der Waals surface area contributed by atoms with Crippen LogP contribution < -0.4 is 0 Å². The smallest absolute Gasteiger partial charge is 0.0945 e. The number of hydrogen-bond acceptors (Lipinski definition) is 1. The fourth-order valence-corrected chi connectivity index (χ4v) is 2.48. The fraction of sp³-hybridized carbons (Fsp3) is 0.267. The van der Waals surface area contributed by atoms with Crippen molar-refractivity contribution in [2.45, 2.75) is 26.4 Å². The summed E-state index contributed by atoms with van der Waals surface area (Å²) in [7, 11) is 0. The van der Waals surface area contributed by atoms with Gasteiger partial charge in [-0.05, 0) is 30.9 Å². The molecule has 1 aromatic carbocycles. The van der Waals surface area contributed by atoms with Crippen LogP contribution in [0.1, 0.15) is 12.1 Å². The number of rotatable bonds is 4. The number of aromatic nitrogens is 3. The summed E-state index contributed by atoms with van der Waals surface area (Å²) in [5.41, 5.74) is 2.67. The topological polar surface area (TPSA) is 22.8 Å². The molecule has 3 rings (SSSR count). The highest BCUT2D eigenvalue weighted by Gasteiger charge is 2.04. The van der Waals surface area contributed by atoms with Gasteiger partial charge in [0.1, 0.15) is 0 Å². The maximum atomic E-state index is 4.06. The van der Waals surface area contributed by atoms with Crippen molar-refractivity contribution in [3.8, 4) is 0 Å². The molecule has 0 aliphatic carbocycles. The van der Waals surface area contributed by atoms with Crippen molar-refractivity contribution in [3.63, 3.8) is 0 Å². The highest BCUT2D eigenvalue weighted by molar-refractivity contribution is 5.81. The minimum atomic E-state index is 1.02. The van der Waals surface area contributed by atoms with E-state index in [4.69, 9.17) is 0 Å². The molecule has 18 heavy (non-hydrogen) atoms. The third kappa shape index (κ3) is 2.04. The van der Waals surface area contributed by atoms with Gasteiger partial charge in [-0.1, -0.05) is 18.2 Å². The van der Waals surface area contributed by atoms with Gasteiger partial charge in [-0.3, -0.25) is 0 Å². The first-order valence-corrected chi connectivity index (χ1v) is 6.35. The molecule has 2 heterocycles. The van der Waals surface area contributed by atoms with Gasteiger partial charge in [0, 0.05) is 36.7 Å². The fourth-order valence-electron chi connectivity index (χ4n) is 2.48. The summed E-state index contributed by atoms with van der Waals surface area (Å²) in [5.74, 6) is 0. The number of nitrogens with zero attached hydrogens (tertiary/aromatic N) is 3. The van der Waals surface area contributed by atoms with E-state index in [1.807, 2.05) is 18.7 Å². The lowest BCUT2D eigenvalue weighted by Gasteiger charge is -2.08. The molecule has 3 nitrogen and oxygen atoms in total. The molecular formula is C15H17N3. The number of imidazole rings is 1. The Hall–Kier alpha value is -2.03. The van der Waals surface area contributed by atoms with Crippen LogP contribution in [0.5, 0.6) is 0 Å². The molecule has 0 N–H and O–H groups in total. The van der Waals surface area contributed by atoms with Crippen LogP contribution in [-0.2, 0) is 13.1 Å². The average Bonchev–Trinajstić information content (AvgIpc) is 2.98. The predicted molar refractivity (Wildman–Crippen MR) is 73.5 cm³/mol. The zero-order valence-corrected chi connectivity index (χ0v) is 10.6. The van der Waals surface area contributed by atoms with E-state index >= 15 is 0 Å². The molecule has 92 valence electrons. The summed E-state index contributed by atoms with van der Waals surface area (Å²) < 4.78 is 4.52. The molecule has 0 radical (unpaired) electrons. The van der Waals surface area contributed by atoms with E-state index in [0.29, 0.717) is 0 Å². The van der Waals surface area contributed by atoms with E-state index < -0.39 is 0 Å². The lowest BCUT2D eigenvalue weighted by atomic mass is 10.2. The Kier molecular flexibility index (Phi) is 2.89. The van der Waals surface area contributed by atoms with Crippen LogP contribution >= 0.6 is 0 Å². The third-order valence-corrected chi connectivity index (χ3v) is 3.37. The van der Waals surface area contributed by atoms with Gasteiger partial charge in [0.25, 0.3) is 0 Å². The Bertz CT molecular complexity index is 635. The number of aryl methyl sites for hydroxylation is 3. The number of para-hydroxylation sites is 1. The molecule has 0 unspecified atom stereocenters. The van der Waals surface area contributed by atoms with E-state index in [9.17, 15) is 0 Å². The van der Waals surface area contributed by atoms with Gasteiger partial charge in [-0.25, -0.2) is 4.98 Å². The maximum Gasteiger partial charge on any atom is 0.0945 e. The van der Waals surface area contributed by atoms with Crippen molar-refractivity contribution in [3.05, 3.63) is 54.7 Å². The van der Waals surface area contributed by atoms with Gasteiger partial charge in [-0.2, -0.15) is 0 Å². The largest absolute Gasteiger partial charge is 0.345 e. The summed E-state index contributed by atoms with van der Waals surface area (Å²) in [5, 5.41) is 1.33. The van der Waals surface area contributed by atoms with Crippen molar-refractivity contribution < 1.29 is 0 Å². The minimum Gasteiger partial charge on any atom is -0.345 e. The molecular weight excluding hydrogens is 222 g/mol. The molecule has 0 atom stereocenters. The second kappa shape index (κ2) is 4.69. The molecule has 0 spiro atoms. The zero-order chi connectivity index (χ0) is 12.4. The summed E-state index contributed by atoms with van der Waals surface area (Å²) in [6.07, 6.45) is 6.84. The van der Waals surface area contributed by atoms with Gasteiger partial charge in [0.2, 0.25) is 0 Å². The van der Waals surface area contributed by atoms with Gasteiger partial charge in [-0.15, -0.1) is 0 Å². The SMILES string of the molecule is Cc1cc2ccccc2n1CCCn1ccnc1. The summed E-state index contributed by atoms with van der Waals surface area (Å²) in [4.78, 5) is 4.06. The molecule has 0 aliphatic rings. The highest BCUT2D eigenvalue weighted by Crippen LogP contribution is 2.19. The maximum absolute atomic E-state index is 4.06. The Morgan fingerprint density at radius 1 is 1.17 bits per heavy atom. The molecule has 0 amide bonds. The summed E-state index contributed by atoms with van der Waals surface area (Å²) >= 11 is 0. The quantitative estimate of drug-likeness (QED) is 0.685. The molecule has 0 fully saturated rings. The molecule has 2 aromatic heterocycles. The van der Waals surface area contributed by atoms with E-state index in [0.717, 1.165) is 19.5 Å². The first-order chi connectivity index (χ1) is 8.84. The lowest BCUT2D eigenvalue weighted by Crippen LogP contribution is -2.04. The third-order valence-electron chi connectivity index (χ3n) is 3.37. The van der Waals surface area contributed by atoms with Crippen LogP contribution in [0.15, 0.2) is 49.1 Å². The molecule has 0 saturated carbocycles. The Labute approximate surface area is 107 Å². The van der Waals surface area contributed by atoms with Crippen LogP contribution in [0, 0.1) is 6.92 Å². The Morgan fingerprint density at radius 3 is 2.89 bits per heavy atom. The van der Waals surface area contributed by atoms with Crippen molar-refractivity contribution in [2.24, 2.45) is 0 Å². The van der Waals surface area contributed by atoms with Crippen molar-refractivity contribution in [1.82, 2.24) is 14.1 Å². The van der Waals surface area contributed by atoms with Crippen LogP contribution in [0.3, 0.4) is 0 Å². The second-order valence-electron chi connectivity index (χ2n) is 4.65. The van der Waals surface area contributed by atoms with Crippen LogP contribution in [0.25, 0.3) is 10.9 Å². The molecule has 3 aromatic rings. The standard InChI is InChI=1S/C15H17N3/c1-13-11-14-5-2-3-6-15(14)18(13)9-4-8-17-10-7-16-12-17/h2-3,5-7,10-12H,4,8-9H2,1H3. The van der Waals surface area contributed by atoms with Gasteiger partial charge >= 0.3 is 0 Å². The number of hydrogen-bond donors (Lipinski definition) is 0. The first kappa shape index (κ1) is 11.1. The van der Waals surface area contributed by atoms with Gasteiger partial charge in [0.05, 0.1) is 6.33 Å². The predicted octanol–water partition coefficient (Wildman–Crippen LogP) is 3.24. The Balaban J connectivity index is 1.76. The molecule has 0 bridgehead atoms. The highest BCUT2D eigenvalue weighted by atomic mass is 15.0. The summed E-state index contributed by atoms with van der Waals surface area (Å²) in [6.45, 7) is 4.25. The normalized spacial score (nSPS) is 11.2. The van der Waals surface area contributed by atoms with Crippen LogP contribution in [-0.4, -0.2) is 14.1 Å². The van der Waals surface area contributed by atoms with E-state index in [1.165, 1.54) is 16.6 Å².